The van der Waals surface area contributed by atoms with Crippen molar-refractivity contribution < 1.29 is 27.4 Å². The molecule has 1 amide bonds. The van der Waals surface area contributed by atoms with Gasteiger partial charge in [0.15, 0.2) is 0 Å². The highest BCUT2D eigenvalue weighted by Crippen LogP contribution is 2.46. The summed E-state index contributed by atoms with van der Waals surface area (Å²) in [5.74, 6) is 5.29. The predicted octanol–water partition coefficient (Wildman–Crippen LogP) is 3.80. The van der Waals surface area contributed by atoms with Crippen LogP contribution >= 0.6 is 0 Å². The van der Waals surface area contributed by atoms with Gasteiger partial charge in [-0.25, -0.2) is 15.8 Å². The monoisotopic (exact) mass is 473 g/mol. The number of hydrogen-bond acceptors (Lipinski definition) is 7. The van der Waals surface area contributed by atoms with Gasteiger partial charge in [-0.3, -0.25) is 9.80 Å². The number of aromatic nitrogens is 2. The van der Waals surface area contributed by atoms with Crippen molar-refractivity contribution in [3.05, 3.63) is 66.5 Å². The van der Waals surface area contributed by atoms with Crippen LogP contribution in [0, 0.1) is 5.41 Å². The molecule has 34 heavy (non-hydrogen) atoms. The Bertz CT molecular complexity index is 1150. The summed E-state index contributed by atoms with van der Waals surface area (Å²) in [6.07, 6.45) is 0.0526. The lowest BCUT2D eigenvalue weighted by Crippen LogP contribution is -2.43. The molecule has 1 aliphatic carbocycles. The number of nitrogens with zero attached hydrogens (tertiary/aromatic N) is 3. The average Bonchev–Trinajstić information content (AvgIpc) is 3.57. The van der Waals surface area contributed by atoms with Crippen LogP contribution in [-0.2, 0) is 0 Å². The van der Waals surface area contributed by atoms with Gasteiger partial charge < -0.3 is 15.2 Å². The number of carbonyl (C=O) groups excluding carboxylic acids is 1. The number of ether oxygens (including phenoxy) is 2. The first-order chi connectivity index (χ1) is 16.1. The molecule has 0 unspecified atom stereocenters. The highest BCUT2D eigenvalue weighted by molar-refractivity contribution is 6.00. The topological polar surface area (TPSA) is 117 Å². The Balaban J connectivity index is 1.44. The number of hydrazine groups is 1. The Morgan fingerprint density at radius 2 is 1.71 bits per heavy atom. The molecule has 0 atom stereocenters. The lowest BCUT2D eigenvalue weighted by molar-refractivity contribution is -0.274. The molecule has 4 N–H and O–H groups in total. The van der Waals surface area contributed by atoms with Crippen LogP contribution in [0.3, 0.4) is 0 Å². The van der Waals surface area contributed by atoms with Crippen LogP contribution in [-0.4, -0.2) is 40.4 Å². The molecule has 1 heterocycles. The third kappa shape index (κ3) is 5.73. The lowest BCUT2D eigenvalue weighted by Gasteiger charge is -2.24. The van der Waals surface area contributed by atoms with Crippen LogP contribution in [0.15, 0.2) is 60.9 Å². The van der Waals surface area contributed by atoms with Crippen molar-refractivity contribution in [1.29, 1.82) is 0 Å². The number of alkyl halides is 3. The molecule has 0 bridgehead atoms. The number of rotatable bonds is 8. The van der Waals surface area contributed by atoms with E-state index >= 15 is 0 Å². The summed E-state index contributed by atoms with van der Waals surface area (Å²) in [4.78, 5) is 21.1. The third-order valence-corrected chi connectivity index (χ3v) is 5.48. The molecule has 4 rings (SSSR count). The SMILES string of the molecule is Nc1ccc(-c2ccc(OC(F)(F)F)cc2)cc1C(=O)N(N)CC1(COc2ncccn2)CC1. The second-order valence-corrected chi connectivity index (χ2v) is 8.13. The lowest BCUT2D eigenvalue weighted by atomic mass is 10.0. The maximum Gasteiger partial charge on any atom is 0.573 e. The van der Waals surface area contributed by atoms with Crippen molar-refractivity contribution in [3.8, 4) is 22.9 Å². The summed E-state index contributed by atoms with van der Waals surface area (Å²) in [7, 11) is 0. The number of benzene rings is 2. The van der Waals surface area contributed by atoms with Crippen LogP contribution < -0.4 is 21.1 Å². The molecule has 8 nitrogen and oxygen atoms in total. The van der Waals surface area contributed by atoms with Gasteiger partial charge in [-0.15, -0.1) is 13.2 Å². The fourth-order valence-electron chi connectivity index (χ4n) is 3.46. The first-order valence-electron chi connectivity index (χ1n) is 10.4. The third-order valence-electron chi connectivity index (χ3n) is 5.48. The number of amides is 1. The molecule has 0 radical (unpaired) electrons. The zero-order chi connectivity index (χ0) is 24.3. The maximum atomic E-state index is 13.0. The van der Waals surface area contributed by atoms with Crippen molar-refractivity contribution in [1.82, 2.24) is 15.0 Å². The second-order valence-electron chi connectivity index (χ2n) is 8.13. The normalized spacial score (nSPS) is 14.4. The number of carbonyl (C=O) groups is 1. The zero-order valence-corrected chi connectivity index (χ0v) is 18.0. The van der Waals surface area contributed by atoms with Gasteiger partial charge in [-0.1, -0.05) is 18.2 Å². The average molecular weight is 473 g/mol. The Hall–Kier alpha value is -3.86. The number of nitrogens with two attached hydrogens (primary N) is 2. The highest BCUT2D eigenvalue weighted by atomic mass is 19.4. The van der Waals surface area contributed by atoms with Gasteiger partial charge in [0.2, 0.25) is 0 Å². The van der Waals surface area contributed by atoms with E-state index in [1.54, 1.807) is 36.7 Å². The first-order valence-corrected chi connectivity index (χ1v) is 10.4. The van der Waals surface area contributed by atoms with Gasteiger partial charge in [0.1, 0.15) is 5.75 Å². The minimum atomic E-state index is -4.77. The molecule has 1 saturated carbocycles. The van der Waals surface area contributed by atoms with Gasteiger partial charge in [0.05, 0.1) is 12.2 Å². The smallest absolute Gasteiger partial charge is 0.463 e. The minimum Gasteiger partial charge on any atom is -0.463 e. The van der Waals surface area contributed by atoms with Crippen molar-refractivity contribution >= 4 is 11.6 Å². The van der Waals surface area contributed by atoms with Crippen LogP contribution in [0.2, 0.25) is 0 Å². The Morgan fingerprint density at radius 3 is 2.32 bits per heavy atom. The molecule has 178 valence electrons. The standard InChI is InChI=1S/C23H22F3N5O3/c24-23(25,26)34-17-5-2-15(3-6-17)16-4-7-19(27)18(12-16)20(32)31(28)13-22(8-9-22)14-33-21-29-10-1-11-30-21/h1-7,10-12H,8-9,13-14,27-28H2. The van der Waals surface area contributed by atoms with Crippen molar-refractivity contribution in [2.75, 3.05) is 18.9 Å². The number of hydrogen-bond donors (Lipinski definition) is 2. The van der Waals surface area contributed by atoms with Gasteiger partial charge >= 0.3 is 12.4 Å². The first kappa shape index (κ1) is 23.3. The summed E-state index contributed by atoms with van der Waals surface area (Å²) in [5.41, 5.74) is 7.34. The highest BCUT2D eigenvalue weighted by Gasteiger charge is 2.46. The Labute approximate surface area is 193 Å². The molecule has 3 aromatic rings. The molecule has 1 aromatic heterocycles. The van der Waals surface area contributed by atoms with E-state index in [1.807, 2.05) is 0 Å². The summed E-state index contributed by atoms with van der Waals surface area (Å²) < 4.78 is 46.7. The van der Waals surface area contributed by atoms with Crippen LogP contribution in [0.25, 0.3) is 11.1 Å². The van der Waals surface area contributed by atoms with Crippen molar-refractivity contribution in [3.63, 3.8) is 0 Å². The fourth-order valence-corrected chi connectivity index (χ4v) is 3.46. The van der Waals surface area contributed by atoms with E-state index in [2.05, 4.69) is 14.7 Å². The van der Waals surface area contributed by atoms with Crippen LogP contribution in [0.4, 0.5) is 18.9 Å². The Morgan fingerprint density at radius 1 is 1.06 bits per heavy atom. The van der Waals surface area contributed by atoms with Gasteiger partial charge in [-0.05, 0) is 54.3 Å². The van der Waals surface area contributed by atoms with Gasteiger partial charge in [0.25, 0.3) is 5.91 Å². The molecule has 0 saturated heterocycles. The Kier molecular flexibility index (Phi) is 6.29. The van der Waals surface area contributed by atoms with E-state index < -0.39 is 12.3 Å². The maximum absolute atomic E-state index is 13.0. The summed E-state index contributed by atoms with van der Waals surface area (Å²) in [6.45, 7) is 0.575. The van der Waals surface area contributed by atoms with E-state index in [0.717, 1.165) is 17.9 Å². The quantitative estimate of drug-likeness (QED) is 0.221. The van der Waals surface area contributed by atoms with Crippen LogP contribution in [0.5, 0.6) is 11.8 Å². The largest absolute Gasteiger partial charge is 0.573 e. The van der Waals surface area contributed by atoms with E-state index in [0.29, 0.717) is 17.7 Å². The summed E-state index contributed by atoms with van der Waals surface area (Å²) in [6, 6.07) is 12.0. The molecular weight excluding hydrogens is 451 g/mol. The van der Waals surface area contributed by atoms with Crippen molar-refractivity contribution in [2.45, 2.75) is 19.2 Å². The summed E-state index contributed by atoms with van der Waals surface area (Å²) in [5, 5.41) is 1.11. The molecule has 11 heteroatoms. The molecule has 1 aliphatic rings. The molecule has 2 aromatic carbocycles. The van der Waals surface area contributed by atoms with Gasteiger partial charge in [0, 0.05) is 30.0 Å². The number of anilines is 1. The summed E-state index contributed by atoms with van der Waals surface area (Å²) >= 11 is 0. The van der Waals surface area contributed by atoms with E-state index in [4.69, 9.17) is 16.3 Å². The van der Waals surface area contributed by atoms with E-state index in [1.165, 1.54) is 24.3 Å². The van der Waals surface area contributed by atoms with Gasteiger partial charge in [-0.2, -0.15) is 0 Å². The van der Waals surface area contributed by atoms with E-state index in [-0.39, 0.29) is 35.0 Å². The predicted molar refractivity (Wildman–Crippen MR) is 117 cm³/mol. The molecule has 1 fully saturated rings. The van der Waals surface area contributed by atoms with Crippen molar-refractivity contribution in [2.24, 2.45) is 11.3 Å². The van der Waals surface area contributed by atoms with E-state index in [9.17, 15) is 18.0 Å². The number of halogens is 3. The minimum absolute atomic E-state index is 0.193. The van der Waals surface area contributed by atoms with Crippen LogP contribution in [0.1, 0.15) is 23.2 Å². The molecular formula is C23H22F3N5O3. The second kappa shape index (κ2) is 9.18. The molecule has 0 spiro atoms. The fraction of sp³-hybridized carbons (Fsp3) is 0.261. The zero-order valence-electron chi connectivity index (χ0n) is 18.0. The number of nitrogen functional groups attached to an aromatic ring is 1. The molecule has 0 aliphatic heterocycles.